The van der Waals surface area contributed by atoms with E-state index < -0.39 is 0 Å². The van der Waals surface area contributed by atoms with E-state index in [1.54, 1.807) is 17.5 Å². The van der Waals surface area contributed by atoms with E-state index in [4.69, 9.17) is 11.5 Å². The lowest BCUT2D eigenvalue weighted by Crippen LogP contribution is -2.29. The van der Waals surface area contributed by atoms with Crippen LogP contribution in [-0.2, 0) is 12.8 Å². The van der Waals surface area contributed by atoms with E-state index in [1.807, 2.05) is 18.2 Å². The van der Waals surface area contributed by atoms with Crippen molar-refractivity contribution >= 4 is 17.2 Å². The maximum absolute atomic E-state index is 9.61. The molecule has 1 atom stereocenters. The van der Waals surface area contributed by atoms with Crippen LogP contribution in [0.1, 0.15) is 23.2 Å². The molecule has 0 bridgehead atoms. The zero-order valence-electron chi connectivity index (χ0n) is 12.9. The molecule has 0 radical (unpaired) electrons. The van der Waals surface area contributed by atoms with E-state index in [9.17, 15) is 5.26 Å². The summed E-state index contributed by atoms with van der Waals surface area (Å²) in [5, 5.41) is 16.6. The predicted octanol–water partition coefficient (Wildman–Crippen LogP) is 2.47. The van der Waals surface area contributed by atoms with Crippen LogP contribution in [0.2, 0.25) is 0 Å². The number of hydrogen-bond acceptors (Lipinski definition) is 6. The van der Waals surface area contributed by atoms with Crippen LogP contribution in [0.5, 0.6) is 0 Å². The Hall–Kier alpha value is -2.69. The summed E-state index contributed by atoms with van der Waals surface area (Å²) in [7, 11) is 0. The minimum atomic E-state index is 0.0975. The monoisotopic (exact) mass is 336 g/mol. The van der Waals surface area contributed by atoms with Crippen LogP contribution in [0.25, 0.3) is 21.0 Å². The molecule has 0 amide bonds. The summed E-state index contributed by atoms with van der Waals surface area (Å²) in [6, 6.07) is 8.30. The number of H-pyrrole nitrogens is 1. The normalized spacial score (nSPS) is 16.6. The molecule has 5 N–H and O–H groups in total. The zero-order chi connectivity index (χ0) is 16.7. The third-order valence-corrected chi connectivity index (χ3v) is 5.50. The average Bonchev–Trinajstić information content (AvgIpc) is 3.25. The summed E-state index contributed by atoms with van der Waals surface area (Å²) in [4.78, 5) is 6.53. The second-order valence-corrected chi connectivity index (χ2v) is 7.00. The number of nitrogens with two attached hydrogens (primary N) is 2. The van der Waals surface area contributed by atoms with Crippen molar-refractivity contribution in [2.75, 3.05) is 5.73 Å². The molecule has 0 saturated carbocycles. The Labute approximate surface area is 143 Å². The van der Waals surface area contributed by atoms with Crippen molar-refractivity contribution in [1.82, 2.24) is 15.2 Å². The number of nitrogen functional groups attached to an aromatic ring is 1. The SMILES string of the molecule is N#Cc1c(N)nc2c(c1-c1ccc(-c3ccn[nH]3)s1)C[C@@H](N)CC2. The highest BCUT2D eigenvalue weighted by molar-refractivity contribution is 7.18. The first-order chi connectivity index (χ1) is 11.7. The number of nitrogens with one attached hydrogen (secondary N) is 1. The van der Waals surface area contributed by atoms with Crippen molar-refractivity contribution in [1.29, 1.82) is 5.26 Å². The summed E-state index contributed by atoms with van der Waals surface area (Å²) in [6.45, 7) is 0. The molecule has 120 valence electrons. The van der Waals surface area contributed by atoms with Crippen LogP contribution < -0.4 is 11.5 Å². The van der Waals surface area contributed by atoms with Gasteiger partial charge in [0, 0.05) is 28.4 Å². The predicted molar refractivity (Wildman–Crippen MR) is 94.3 cm³/mol. The summed E-state index contributed by atoms with van der Waals surface area (Å²) in [6.07, 6.45) is 4.15. The smallest absolute Gasteiger partial charge is 0.142 e. The Kier molecular flexibility index (Phi) is 3.56. The van der Waals surface area contributed by atoms with Gasteiger partial charge in [0.1, 0.15) is 17.5 Å². The number of fused-ring (bicyclic) bond motifs is 1. The number of nitriles is 1. The van der Waals surface area contributed by atoms with Crippen molar-refractivity contribution in [2.45, 2.75) is 25.3 Å². The molecule has 3 heterocycles. The summed E-state index contributed by atoms with van der Waals surface area (Å²) >= 11 is 1.61. The maximum Gasteiger partial charge on any atom is 0.142 e. The number of pyridine rings is 1. The minimum absolute atomic E-state index is 0.0975. The quantitative estimate of drug-likeness (QED) is 0.664. The van der Waals surface area contributed by atoms with Gasteiger partial charge in [-0.3, -0.25) is 5.10 Å². The average molecular weight is 336 g/mol. The topological polar surface area (TPSA) is 117 Å². The van der Waals surface area contributed by atoms with Crippen molar-refractivity contribution in [3.63, 3.8) is 0 Å². The molecule has 1 aliphatic rings. The molecule has 3 aromatic heterocycles. The summed E-state index contributed by atoms with van der Waals surface area (Å²) in [5.74, 6) is 0.304. The third kappa shape index (κ3) is 2.37. The molecule has 0 saturated heterocycles. The Balaban J connectivity index is 1.91. The van der Waals surface area contributed by atoms with Gasteiger partial charge >= 0.3 is 0 Å². The molecule has 0 aromatic carbocycles. The Morgan fingerprint density at radius 3 is 2.88 bits per heavy atom. The van der Waals surface area contributed by atoms with Crippen molar-refractivity contribution in [3.8, 4) is 27.1 Å². The van der Waals surface area contributed by atoms with E-state index in [-0.39, 0.29) is 6.04 Å². The number of aromatic amines is 1. The highest BCUT2D eigenvalue weighted by Gasteiger charge is 2.25. The van der Waals surface area contributed by atoms with Crippen LogP contribution in [0.4, 0.5) is 5.82 Å². The lowest BCUT2D eigenvalue weighted by atomic mass is 9.87. The van der Waals surface area contributed by atoms with Crippen LogP contribution in [0, 0.1) is 11.3 Å². The fourth-order valence-electron chi connectivity index (χ4n) is 3.20. The molecular formula is C17H16N6S. The molecule has 4 rings (SSSR count). The van der Waals surface area contributed by atoms with Crippen LogP contribution >= 0.6 is 11.3 Å². The molecule has 0 spiro atoms. The molecule has 7 heteroatoms. The second kappa shape index (κ2) is 5.74. The molecule has 3 aromatic rings. The molecule has 0 aliphatic heterocycles. The Morgan fingerprint density at radius 1 is 1.29 bits per heavy atom. The first kappa shape index (κ1) is 14.9. The second-order valence-electron chi connectivity index (χ2n) is 5.92. The van der Waals surface area contributed by atoms with Gasteiger partial charge in [-0.15, -0.1) is 11.3 Å². The number of rotatable bonds is 2. The van der Waals surface area contributed by atoms with Crippen molar-refractivity contribution in [2.24, 2.45) is 5.73 Å². The van der Waals surface area contributed by atoms with E-state index >= 15 is 0 Å². The Bertz CT molecular complexity index is 935. The lowest BCUT2D eigenvalue weighted by Gasteiger charge is -2.24. The first-order valence-corrected chi connectivity index (χ1v) is 8.56. The highest BCUT2D eigenvalue weighted by Crippen LogP contribution is 2.40. The lowest BCUT2D eigenvalue weighted by molar-refractivity contribution is 0.568. The van der Waals surface area contributed by atoms with Gasteiger partial charge in [0.2, 0.25) is 0 Å². The van der Waals surface area contributed by atoms with E-state index in [1.165, 1.54) is 0 Å². The maximum atomic E-state index is 9.61. The van der Waals surface area contributed by atoms with Crippen LogP contribution in [-0.4, -0.2) is 21.2 Å². The number of nitrogens with zero attached hydrogens (tertiary/aromatic N) is 3. The standard InChI is InChI=1S/C17H16N6S/c18-8-11-16(10-7-9(19)1-2-12(10)22-17(11)20)15-4-3-14(24-15)13-5-6-21-23-13/h3-6,9H,1-2,7,19H2,(H2,20,22)(H,21,23)/t9-/m0/s1. The molecule has 0 fully saturated rings. The van der Waals surface area contributed by atoms with Crippen molar-refractivity contribution in [3.05, 3.63) is 41.2 Å². The van der Waals surface area contributed by atoms with Gasteiger partial charge in [0.25, 0.3) is 0 Å². The van der Waals surface area contributed by atoms with Crippen LogP contribution in [0.15, 0.2) is 24.4 Å². The van der Waals surface area contributed by atoms with Gasteiger partial charge in [-0.25, -0.2) is 4.98 Å². The number of anilines is 1. The molecule has 1 aliphatic carbocycles. The first-order valence-electron chi connectivity index (χ1n) is 7.74. The molecule has 6 nitrogen and oxygen atoms in total. The summed E-state index contributed by atoms with van der Waals surface area (Å²) < 4.78 is 0. The van der Waals surface area contributed by atoms with Gasteiger partial charge in [-0.2, -0.15) is 10.4 Å². The van der Waals surface area contributed by atoms with Gasteiger partial charge in [-0.1, -0.05) is 0 Å². The van der Waals surface area contributed by atoms with Crippen LogP contribution in [0.3, 0.4) is 0 Å². The largest absolute Gasteiger partial charge is 0.383 e. The number of thiophene rings is 1. The number of aryl methyl sites for hydroxylation is 1. The van der Waals surface area contributed by atoms with E-state index in [2.05, 4.69) is 21.3 Å². The van der Waals surface area contributed by atoms with Gasteiger partial charge < -0.3 is 11.5 Å². The summed E-state index contributed by atoms with van der Waals surface area (Å²) in [5.41, 5.74) is 16.5. The van der Waals surface area contributed by atoms with E-state index in [0.29, 0.717) is 11.4 Å². The third-order valence-electron chi connectivity index (χ3n) is 4.36. The van der Waals surface area contributed by atoms with Gasteiger partial charge in [-0.05, 0) is 43.0 Å². The highest BCUT2D eigenvalue weighted by atomic mass is 32.1. The fraction of sp³-hybridized carbons (Fsp3) is 0.235. The fourth-order valence-corrected chi connectivity index (χ4v) is 4.26. The van der Waals surface area contributed by atoms with Gasteiger partial charge in [0.05, 0.1) is 10.6 Å². The molecule has 24 heavy (non-hydrogen) atoms. The Morgan fingerprint density at radius 2 is 2.12 bits per heavy atom. The molecule has 0 unspecified atom stereocenters. The zero-order valence-corrected chi connectivity index (χ0v) is 13.7. The van der Waals surface area contributed by atoms with Crippen molar-refractivity contribution < 1.29 is 0 Å². The van der Waals surface area contributed by atoms with Gasteiger partial charge in [0.15, 0.2) is 0 Å². The van der Waals surface area contributed by atoms with E-state index in [0.717, 1.165) is 51.5 Å². The number of aromatic nitrogens is 3. The molecular weight excluding hydrogens is 320 g/mol. The minimum Gasteiger partial charge on any atom is -0.383 e. The number of hydrogen-bond donors (Lipinski definition) is 3.